The van der Waals surface area contributed by atoms with Crippen LogP contribution in [0, 0.1) is 12.7 Å². The van der Waals surface area contributed by atoms with Gasteiger partial charge < -0.3 is 15.4 Å². The molecule has 0 radical (unpaired) electrons. The number of nitrogens with zero attached hydrogens (tertiary/aromatic N) is 1. The molecule has 2 amide bonds. The molecule has 0 aliphatic carbocycles. The first-order valence-corrected chi connectivity index (χ1v) is 11.3. The zero-order valence-electron chi connectivity index (χ0n) is 16.4. The van der Waals surface area contributed by atoms with Gasteiger partial charge in [-0.2, -0.15) is 4.31 Å². The number of anilines is 2. The van der Waals surface area contributed by atoms with Crippen molar-refractivity contribution in [3.05, 3.63) is 46.7 Å². The fourth-order valence-corrected chi connectivity index (χ4v) is 5.77. The summed E-state index contributed by atoms with van der Waals surface area (Å²) in [5.74, 6) is -1.21. The largest absolute Gasteiger partial charge is 0.482 e. The SMILES string of the molecule is Cc1cc2c(cc1S(=O)(=O)N1CCC[C@H]1C(=O)Nc1ccc(F)c(Cl)c1)OCC(=O)N2. The monoisotopic (exact) mass is 467 g/mol. The molecule has 31 heavy (non-hydrogen) atoms. The van der Waals surface area contributed by atoms with Gasteiger partial charge in [-0.25, -0.2) is 12.8 Å². The molecule has 2 aliphatic rings. The summed E-state index contributed by atoms with van der Waals surface area (Å²) in [5, 5.41) is 5.10. The number of nitrogens with one attached hydrogen (secondary N) is 2. The molecule has 0 spiro atoms. The number of aryl methyl sites for hydroxylation is 1. The van der Waals surface area contributed by atoms with Gasteiger partial charge in [-0.05, 0) is 49.6 Å². The molecule has 164 valence electrons. The molecule has 1 atom stereocenters. The van der Waals surface area contributed by atoms with Crippen molar-refractivity contribution in [2.75, 3.05) is 23.8 Å². The highest BCUT2D eigenvalue weighted by molar-refractivity contribution is 7.89. The highest BCUT2D eigenvalue weighted by Gasteiger charge is 2.40. The van der Waals surface area contributed by atoms with Crippen molar-refractivity contribution in [2.45, 2.75) is 30.7 Å². The van der Waals surface area contributed by atoms with Crippen molar-refractivity contribution in [1.82, 2.24) is 4.31 Å². The number of amides is 2. The molecular weight excluding hydrogens is 449 g/mol. The summed E-state index contributed by atoms with van der Waals surface area (Å²) >= 11 is 5.75. The average molecular weight is 468 g/mol. The molecule has 4 rings (SSSR count). The molecule has 0 aromatic heterocycles. The number of carbonyl (C=O) groups excluding carboxylic acids is 2. The van der Waals surface area contributed by atoms with E-state index in [9.17, 15) is 22.4 Å². The molecule has 11 heteroatoms. The number of hydrogen-bond donors (Lipinski definition) is 2. The second-order valence-corrected chi connectivity index (χ2v) is 9.61. The lowest BCUT2D eigenvalue weighted by Gasteiger charge is -2.26. The maximum absolute atomic E-state index is 13.4. The van der Waals surface area contributed by atoms with Crippen LogP contribution in [-0.2, 0) is 19.6 Å². The summed E-state index contributed by atoms with van der Waals surface area (Å²) in [6.07, 6.45) is 0.856. The van der Waals surface area contributed by atoms with Crippen molar-refractivity contribution in [3.63, 3.8) is 0 Å². The Kier molecular flexibility index (Phi) is 5.63. The topological polar surface area (TPSA) is 105 Å². The first kappa shape index (κ1) is 21.5. The molecule has 2 aromatic rings. The molecule has 2 aromatic carbocycles. The number of ether oxygens (including phenoxy) is 1. The van der Waals surface area contributed by atoms with Crippen molar-refractivity contribution in [1.29, 1.82) is 0 Å². The smallest absolute Gasteiger partial charge is 0.262 e. The van der Waals surface area contributed by atoms with E-state index >= 15 is 0 Å². The first-order chi connectivity index (χ1) is 14.7. The molecular formula is C20H19ClFN3O5S. The Labute approximate surface area is 183 Å². The zero-order valence-corrected chi connectivity index (χ0v) is 18.0. The average Bonchev–Trinajstić information content (AvgIpc) is 3.21. The molecule has 0 unspecified atom stereocenters. The summed E-state index contributed by atoms with van der Waals surface area (Å²) in [5.41, 5.74) is 1.09. The second-order valence-electron chi connectivity index (χ2n) is 7.34. The highest BCUT2D eigenvalue weighted by Crippen LogP contribution is 2.36. The van der Waals surface area contributed by atoms with Crippen LogP contribution in [0.15, 0.2) is 35.2 Å². The van der Waals surface area contributed by atoms with E-state index in [1.54, 1.807) is 6.92 Å². The Balaban J connectivity index is 1.61. The predicted octanol–water partition coefficient (Wildman–Crippen LogP) is 2.91. The van der Waals surface area contributed by atoms with Gasteiger partial charge in [0.25, 0.3) is 5.91 Å². The Morgan fingerprint density at radius 3 is 2.84 bits per heavy atom. The van der Waals surface area contributed by atoms with Gasteiger partial charge >= 0.3 is 0 Å². The summed E-state index contributed by atoms with van der Waals surface area (Å²) in [6.45, 7) is 1.59. The van der Waals surface area contributed by atoms with Crippen LogP contribution in [0.4, 0.5) is 15.8 Å². The number of hydrogen-bond acceptors (Lipinski definition) is 5. The van der Waals surface area contributed by atoms with Gasteiger partial charge in [0.05, 0.1) is 15.6 Å². The molecule has 1 fully saturated rings. The summed E-state index contributed by atoms with van der Waals surface area (Å²) in [4.78, 5) is 24.3. The van der Waals surface area contributed by atoms with Crippen molar-refractivity contribution < 1.29 is 27.1 Å². The van der Waals surface area contributed by atoms with Crippen LogP contribution in [0.25, 0.3) is 0 Å². The maximum atomic E-state index is 13.4. The molecule has 8 nitrogen and oxygen atoms in total. The number of halogens is 2. The van der Waals surface area contributed by atoms with Crippen LogP contribution in [-0.4, -0.2) is 43.7 Å². The summed E-state index contributed by atoms with van der Waals surface area (Å²) in [6, 6.07) is 5.71. The van der Waals surface area contributed by atoms with E-state index in [4.69, 9.17) is 16.3 Å². The fraction of sp³-hybridized carbons (Fsp3) is 0.300. The Morgan fingerprint density at radius 2 is 2.10 bits per heavy atom. The third-order valence-electron chi connectivity index (χ3n) is 5.19. The quantitative estimate of drug-likeness (QED) is 0.719. The van der Waals surface area contributed by atoms with Crippen LogP contribution in [0.1, 0.15) is 18.4 Å². The van der Waals surface area contributed by atoms with Gasteiger partial charge in [-0.1, -0.05) is 11.6 Å². The minimum atomic E-state index is -4.02. The standard InChI is InChI=1S/C20H19ClFN3O5S/c1-11-7-15-17(30-10-19(26)24-15)9-18(11)31(28,29)25-6-2-3-16(25)20(27)23-12-4-5-14(22)13(21)8-12/h4-5,7-9,16H,2-3,6,10H2,1H3,(H,23,27)(H,24,26)/t16-/m0/s1. The Bertz CT molecular complexity index is 1190. The maximum Gasteiger partial charge on any atom is 0.262 e. The van der Waals surface area contributed by atoms with Gasteiger partial charge in [0.15, 0.2) is 6.61 Å². The van der Waals surface area contributed by atoms with Gasteiger partial charge in [-0.15, -0.1) is 0 Å². The van der Waals surface area contributed by atoms with Gasteiger partial charge in [0.2, 0.25) is 15.9 Å². The van der Waals surface area contributed by atoms with E-state index in [1.807, 2.05) is 0 Å². The molecule has 0 saturated carbocycles. The van der Waals surface area contributed by atoms with Crippen LogP contribution < -0.4 is 15.4 Å². The number of fused-ring (bicyclic) bond motifs is 1. The van der Waals surface area contributed by atoms with Crippen molar-refractivity contribution in [3.8, 4) is 5.75 Å². The molecule has 0 bridgehead atoms. The van der Waals surface area contributed by atoms with E-state index in [2.05, 4.69) is 10.6 Å². The zero-order chi connectivity index (χ0) is 22.3. The van der Waals surface area contributed by atoms with Gasteiger partial charge in [-0.3, -0.25) is 9.59 Å². The molecule has 2 aliphatic heterocycles. The minimum Gasteiger partial charge on any atom is -0.482 e. The third-order valence-corrected chi connectivity index (χ3v) is 7.53. The van der Waals surface area contributed by atoms with Gasteiger partial charge in [0.1, 0.15) is 17.6 Å². The Hall–Kier alpha value is -2.69. The van der Waals surface area contributed by atoms with Crippen molar-refractivity contribution in [2.24, 2.45) is 0 Å². The van der Waals surface area contributed by atoms with Crippen LogP contribution in [0.5, 0.6) is 5.75 Å². The molecule has 1 saturated heterocycles. The molecule has 2 heterocycles. The number of sulfonamides is 1. The highest BCUT2D eigenvalue weighted by atomic mass is 35.5. The van der Waals surface area contributed by atoms with E-state index in [0.29, 0.717) is 24.1 Å². The summed E-state index contributed by atoms with van der Waals surface area (Å²) in [7, 11) is -4.02. The lowest BCUT2D eigenvalue weighted by atomic mass is 10.2. The van der Waals surface area contributed by atoms with Gasteiger partial charge in [0, 0.05) is 18.3 Å². The second kappa shape index (κ2) is 8.10. The van der Waals surface area contributed by atoms with E-state index in [1.165, 1.54) is 24.3 Å². The number of benzene rings is 2. The minimum absolute atomic E-state index is 0.00641. The summed E-state index contributed by atoms with van der Waals surface area (Å²) < 4.78 is 46.7. The van der Waals surface area contributed by atoms with E-state index in [0.717, 1.165) is 10.4 Å². The predicted molar refractivity (Wildman–Crippen MR) is 112 cm³/mol. The first-order valence-electron chi connectivity index (χ1n) is 9.52. The van der Waals surface area contributed by atoms with Crippen molar-refractivity contribution >= 4 is 44.8 Å². The van der Waals surface area contributed by atoms with Crippen LogP contribution >= 0.6 is 11.6 Å². The lowest BCUT2D eigenvalue weighted by molar-refractivity contribution is -0.119. The number of rotatable bonds is 4. The molecule has 2 N–H and O–H groups in total. The fourth-order valence-electron chi connectivity index (χ4n) is 3.71. The Morgan fingerprint density at radius 1 is 1.32 bits per heavy atom. The number of carbonyl (C=O) groups is 2. The third kappa shape index (κ3) is 4.10. The lowest BCUT2D eigenvalue weighted by Crippen LogP contribution is -2.43. The van der Waals surface area contributed by atoms with Crippen LogP contribution in [0.2, 0.25) is 5.02 Å². The van der Waals surface area contributed by atoms with Crippen LogP contribution in [0.3, 0.4) is 0 Å². The normalized spacial score (nSPS) is 18.8. The van der Waals surface area contributed by atoms with E-state index in [-0.39, 0.29) is 40.4 Å². The van der Waals surface area contributed by atoms with E-state index < -0.39 is 27.8 Å².